The van der Waals surface area contributed by atoms with Gasteiger partial charge in [0.05, 0.1) is 32.0 Å². The van der Waals surface area contributed by atoms with Gasteiger partial charge in [0.2, 0.25) is 0 Å². The summed E-state index contributed by atoms with van der Waals surface area (Å²) < 4.78 is 24.7. The third-order valence-corrected chi connectivity index (χ3v) is 20.6. The van der Waals surface area contributed by atoms with Crippen LogP contribution in [0.4, 0.5) is 0 Å². The zero-order chi connectivity index (χ0) is 76.5. The molecule has 0 unspecified atom stereocenters. The zero-order valence-electron chi connectivity index (χ0n) is 68.0. The van der Waals surface area contributed by atoms with E-state index < -0.39 is 5.97 Å². The normalized spacial score (nSPS) is 11.9. The maximum atomic E-state index is 12.9. The lowest BCUT2D eigenvalue weighted by Gasteiger charge is -2.07. The molecule has 7 aromatic rings. The Hall–Kier alpha value is -8.35. The molecule has 7 rings (SSSR count). The van der Waals surface area contributed by atoms with Crippen molar-refractivity contribution in [2.45, 2.75) is 285 Å². The van der Waals surface area contributed by atoms with Crippen molar-refractivity contribution in [3.8, 4) is 23.0 Å². The molecule has 0 aliphatic rings. The fourth-order valence-electron chi connectivity index (χ4n) is 13.9. The Bertz CT molecular complexity index is 3280. The average Bonchev–Trinajstić information content (AvgIpc) is 0.844. The molecule has 0 amide bonds. The Morgan fingerprint density at radius 1 is 0.211 bits per heavy atom. The molecule has 0 fully saturated rings. The molecule has 0 radical (unpaired) electrons. The van der Waals surface area contributed by atoms with Gasteiger partial charge in [-0.15, -0.1) is 0 Å². The number of rotatable bonds is 61. The largest absolute Gasteiger partial charge is 0.494 e. The van der Waals surface area contributed by atoms with Crippen molar-refractivity contribution in [3.05, 3.63) is 224 Å². The average molecular weight is 1470 g/mol. The van der Waals surface area contributed by atoms with Gasteiger partial charge in [0.1, 0.15) is 23.0 Å². The summed E-state index contributed by atoms with van der Waals surface area (Å²) in [6.07, 6.45) is 77.6. The molecular weight excluding hydrogens is 1330 g/mol. The molecule has 0 spiro atoms. The molecule has 0 atom stereocenters. The third kappa shape index (κ3) is 40.2. The Kier molecular flexibility index (Phi) is 45.8. The number of ether oxygens (including phenoxy) is 4. The Labute approximate surface area is 661 Å². The summed E-state index contributed by atoms with van der Waals surface area (Å²) in [5, 5.41) is 10.5. The minimum absolute atomic E-state index is 0.221. The molecule has 0 saturated heterocycles. The first-order valence-electron chi connectivity index (χ1n) is 43.4. The predicted octanol–water partition coefficient (Wildman–Crippen LogP) is 31.6. The van der Waals surface area contributed by atoms with Crippen LogP contribution in [-0.4, -0.2) is 37.5 Å². The second kappa shape index (κ2) is 56.8. The van der Waals surface area contributed by atoms with E-state index in [-0.39, 0.29) is 5.56 Å². The molecule has 0 aliphatic carbocycles. The second-order valence-corrected chi connectivity index (χ2v) is 30.5. The molecule has 0 heterocycles. The molecule has 6 heteroatoms. The van der Waals surface area contributed by atoms with Crippen LogP contribution < -0.4 is 18.9 Å². The molecule has 0 saturated carbocycles. The minimum atomic E-state index is -0.978. The van der Waals surface area contributed by atoms with Crippen molar-refractivity contribution < 1.29 is 28.8 Å². The quantitative estimate of drug-likeness (QED) is 0.0302. The van der Waals surface area contributed by atoms with Crippen LogP contribution in [0.25, 0.3) is 72.9 Å². The predicted molar refractivity (Wildman–Crippen MR) is 475 cm³/mol. The van der Waals surface area contributed by atoms with E-state index >= 15 is 0 Å². The van der Waals surface area contributed by atoms with Crippen LogP contribution in [0.15, 0.2) is 152 Å². The Morgan fingerprint density at radius 3 is 0.523 bits per heavy atom. The first-order chi connectivity index (χ1) is 53.7. The van der Waals surface area contributed by atoms with E-state index in [1.807, 2.05) is 12.2 Å². The molecule has 0 aromatic heterocycles. The highest BCUT2D eigenvalue weighted by molar-refractivity contribution is 5.91. The summed E-state index contributed by atoms with van der Waals surface area (Å²) in [6.45, 7) is 12.1. The van der Waals surface area contributed by atoms with Crippen LogP contribution in [0.2, 0.25) is 0 Å². The fourth-order valence-corrected chi connectivity index (χ4v) is 13.9. The molecule has 7 aromatic carbocycles. The van der Waals surface area contributed by atoms with E-state index in [2.05, 4.69) is 228 Å². The smallest absolute Gasteiger partial charge is 0.335 e. The lowest BCUT2D eigenvalue weighted by Crippen LogP contribution is -1.97. The van der Waals surface area contributed by atoms with E-state index in [0.717, 1.165) is 142 Å². The van der Waals surface area contributed by atoms with Gasteiger partial charge in [-0.2, -0.15) is 0 Å². The standard InChI is InChI=1S/C103H138O6/c1-5-9-13-17-21-25-29-33-37-41-73-106-99-65-57-86(58-66-99)45-49-90-77-91(50-46-87-59-67-100(68-60-87)107-74-42-38-34-30-26-22-18-14-10-6-2)80-94(79-90)53-55-96-83-97(85-98(84-96)103(104)105)56-54-95-81-92(51-47-88-61-69-101(70-62-88)108-75-43-39-35-31-27-23-19-15-11-7-3)78-93(82-95)52-48-89-63-71-102(72-64-89)109-76-44-40-36-32-28-24-20-16-12-8-4/h45-72,77-85H,5-44,73-76H2,1-4H3,(H,104,105)/b49-45+,50-46+,51-47+,52-48+,55-53+,56-54+. The Balaban J connectivity index is 1.05. The molecule has 0 aliphatic heterocycles. The number of hydrogen-bond donors (Lipinski definition) is 1. The third-order valence-electron chi connectivity index (χ3n) is 20.6. The van der Waals surface area contributed by atoms with Crippen molar-refractivity contribution in [2.75, 3.05) is 26.4 Å². The number of unbranched alkanes of at least 4 members (excludes halogenated alkanes) is 36. The molecule has 0 bridgehead atoms. The van der Waals surface area contributed by atoms with E-state index in [0.29, 0.717) is 0 Å². The van der Waals surface area contributed by atoms with Crippen LogP contribution in [-0.2, 0) is 0 Å². The van der Waals surface area contributed by atoms with Gasteiger partial charge >= 0.3 is 5.97 Å². The number of aromatic carboxylic acids is 1. The van der Waals surface area contributed by atoms with Crippen molar-refractivity contribution >= 4 is 78.9 Å². The van der Waals surface area contributed by atoms with Crippen molar-refractivity contribution in [3.63, 3.8) is 0 Å². The second-order valence-electron chi connectivity index (χ2n) is 30.5. The lowest BCUT2D eigenvalue weighted by molar-refractivity contribution is 0.0696. The van der Waals surface area contributed by atoms with Crippen LogP contribution in [0.3, 0.4) is 0 Å². The summed E-state index contributed by atoms with van der Waals surface area (Å²) in [5.41, 5.74) is 12.3. The maximum Gasteiger partial charge on any atom is 0.335 e. The van der Waals surface area contributed by atoms with Gasteiger partial charge in [-0.25, -0.2) is 4.79 Å². The molecule has 586 valence electrons. The summed E-state index contributed by atoms with van der Waals surface area (Å²) in [7, 11) is 0. The van der Waals surface area contributed by atoms with Gasteiger partial charge in [-0.1, -0.05) is 380 Å². The molecule has 109 heavy (non-hydrogen) atoms. The fraction of sp³-hybridized carbons (Fsp3) is 0.466. The molecule has 1 N–H and O–H groups in total. The summed E-state index contributed by atoms with van der Waals surface area (Å²) >= 11 is 0. The highest BCUT2D eigenvalue weighted by Crippen LogP contribution is 2.27. The van der Waals surface area contributed by atoms with Crippen LogP contribution >= 0.6 is 0 Å². The monoisotopic (exact) mass is 1470 g/mol. The van der Waals surface area contributed by atoms with Gasteiger partial charge in [0, 0.05) is 0 Å². The van der Waals surface area contributed by atoms with Crippen molar-refractivity contribution in [1.29, 1.82) is 0 Å². The number of carbonyl (C=O) groups is 1. The topological polar surface area (TPSA) is 74.2 Å². The van der Waals surface area contributed by atoms with Gasteiger partial charge in [-0.3, -0.25) is 0 Å². The van der Waals surface area contributed by atoms with Crippen molar-refractivity contribution in [1.82, 2.24) is 0 Å². The minimum Gasteiger partial charge on any atom is -0.494 e. The van der Waals surface area contributed by atoms with Crippen molar-refractivity contribution in [2.24, 2.45) is 0 Å². The van der Waals surface area contributed by atoms with Crippen LogP contribution in [0.5, 0.6) is 23.0 Å². The van der Waals surface area contributed by atoms with Gasteiger partial charge < -0.3 is 24.1 Å². The van der Waals surface area contributed by atoms with Gasteiger partial charge in [-0.05, 0) is 196 Å². The Morgan fingerprint density at radius 2 is 0.358 bits per heavy atom. The van der Waals surface area contributed by atoms with Gasteiger partial charge in [0.15, 0.2) is 0 Å². The summed E-state index contributed by atoms with van der Waals surface area (Å²) in [4.78, 5) is 12.9. The lowest BCUT2D eigenvalue weighted by atomic mass is 10.00. The molecule has 6 nitrogen and oxygen atoms in total. The number of hydrogen-bond acceptors (Lipinski definition) is 5. The zero-order valence-corrected chi connectivity index (χ0v) is 68.0. The summed E-state index contributed by atoms with van der Waals surface area (Å²) in [5.74, 6) is 2.63. The van der Waals surface area contributed by atoms with Crippen LogP contribution in [0.1, 0.15) is 362 Å². The van der Waals surface area contributed by atoms with Crippen LogP contribution in [0, 0.1) is 0 Å². The van der Waals surface area contributed by atoms with E-state index in [1.54, 1.807) is 12.1 Å². The van der Waals surface area contributed by atoms with Gasteiger partial charge in [0.25, 0.3) is 0 Å². The maximum absolute atomic E-state index is 12.9. The van der Waals surface area contributed by atoms with E-state index in [1.165, 1.54) is 231 Å². The summed E-state index contributed by atoms with van der Waals surface area (Å²) in [6, 6.07) is 52.3. The number of carboxylic acid groups (broad SMARTS) is 1. The molecular formula is C103H138O6. The number of carboxylic acids is 1. The first-order valence-corrected chi connectivity index (χ1v) is 43.4. The SMILES string of the molecule is CCCCCCCCCCCCOc1ccc(/C=C/c2cc(/C=C/c3ccc(OCCCCCCCCCCCC)cc3)cc(/C=C/c3cc(/C=C/c4cc(/C=C/c5ccc(OCCCCCCCCCCCC)cc5)cc(/C=C/c5ccc(OCCCCCCCCCCCC)cc5)c4)cc(C(=O)O)c3)c2)cc1. The van der Waals surface area contributed by atoms with E-state index in [9.17, 15) is 9.90 Å². The highest BCUT2D eigenvalue weighted by Gasteiger charge is 2.09. The highest BCUT2D eigenvalue weighted by atomic mass is 16.5. The number of benzene rings is 7. The van der Waals surface area contributed by atoms with E-state index in [4.69, 9.17) is 18.9 Å². The first kappa shape index (κ1) is 87.9.